The van der Waals surface area contributed by atoms with Crippen LogP contribution in [0.1, 0.15) is 24.9 Å². The molecule has 2 nitrogen and oxygen atoms in total. The molecule has 0 unspecified atom stereocenters. The van der Waals surface area contributed by atoms with E-state index in [2.05, 4.69) is 5.32 Å². The van der Waals surface area contributed by atoms with Crippen molar-refractivity contribution in [2.75, 3.05) is 13.7 Å². The summed E-state index contributed by atoms with van der Waals surface area (Å²) in [6, 6.07) is 7.11. The first-order chi connectivity index (χ1) is 7.94. The van der Waals surface area contributed by atoms with E-state index in [0.717, 1.165) is 5.56 Å². The Labute approximate surface area is 98.8 Å². The smallest absolute Gasteiger partial charge is 0.390 e. The molecule has 1 rings (SSSR count). The molecule has 1 aromatic carbocycles. The predicted molar refractivity (Wildman–Crippen MR) is 60.1 cm³/mol. The van der Waals surface area contributed by atoms with Crippen LogP contribution in [0.5, 0.6) is 5.75 Å². The highest BCUT2D eigenvalue weighted by atomic mass is 19.4. The van der Waals surface area contributed by atoms with E-state index in [-0.39, 0.29) is 12.6 Å². The van der Waals surface area contributed by atoms with Crippen LogP contribution in [-0.2, 0) is 0 Å². The Bertz CT molecular complexity index is 352. The van der Waals surface area contributed by atoms with Gasteiger partial charge < -0.3 is 10.1 Å². The second kappa shape index (κ2) is 5.91. The lowest BCUT2D eigenvalue weighted by Crippen LogP contribution is -2.24. The van der Waals surface area contributed by atoms with E-state index >= 15 is 0 Å². The minimum Gasteiger partial charge on any atom is -0.496 e. The zero-order valence-corrected chi connectivity index (χ0v) is 9.84. The zero-order chi connectivity index (χ0) is 12.9. The first kappa shape index (κ1) is 13.8. The number of halogens is 3. The standard InChI is InChI=1S/C12H16F3NO/c1-9(16-8-7-12(13,14)15)10-5-3-4-6-11(10)17-2/h3-6,9,16H,7-8H2,1-2H3/t9-/m0/s1. The topological polar surface area (TPSA) is 21.3 Å². The van der Waals surface area contributed by atoms with Gasteiger partial charge in [-0.25, -0.2) is 0 Å². The van der Waals surface area contributed by atoms with E-state index in [1.54, 1.807) is 13.2 Å². The van der Waals surface area contributed by atoms with Gasteiger partial charge in [-0.05, 0) is 13.0 Å². The first-order valence-electron chi connectivity index (χ1n) is 5.37. The van der Waals surface area contributed by atoms with Crippen molar-refractivity contribution < 1.29 is 17.9 Å². The van der Waals surface area contributed by atoms with Gasteiger partial charge in [-0.15, -0.1) is 0 Å². The summed E-state index contributed by atoms with van der Waals surface area (Å²) in [5.41, 5.74) is 0.858. The number of para-hydroxylation sites is 1. The van der Waals surface area contributed by atoms with Gasteiger partial charge in [0.1, 0.15) is 5.75 Å². The van der Waals surface area contributed by atoms with Crippen LogP contribution in [0.3, 0.4) is 0 Å². The van der Waals surface area contributed by atoms with Crippen molar-refractivity contribution in [2.24, 2.45) is 0 Å². The minimum atomic E-state index is -4.12. The van der Waals surface area contributed by atoms with Gasteiger partial charge in [0.05, 0.1) is 13.5 Å². The van der Waals surface area contributed by atoms with Gasteiger partial charge in [0.25, 0.3) is 0 Å². The third kappa shape index (κ3) is 4.65. The van der Waals surface area contributed by atoms with E-state index in [0.29, 0.717) is 5.75 Å². The van der Waals surface area contributed by atoms with Crippen LogP contribution in [0, 0.1) is 0 Å². The Morgan fingerprint density at radius 2 is 1.94 bits per heavy atom. The molecule has 1 aromatic rings. The van der Waals surface area contributed by atoms with Crippen LogP contribution in [-0.4, -0.2) is 19.8 Å². The molecule has 0 aliphatic carbocycles. The molecular weight excluding hydrogens is 231 g/mol. The average molecular weight is 247 g/mol. The highest BCUT2D eigenvalue weighted by Crippen LogP contribution is 2.25. The van der Waals surface area contributed by atoms with Gasteiger partial charge in [0.2, 0.25) is 0 Å². The summed E-state index contributed by atoms with van der Waals surface area (Å²) >= 11 is 0. The lowest BCUT2D eigenvalue weighted by atomic mass is 10.1. The van der Waals surface area contributed by atoms with Crippen LogP contribution in [0.4, 0.5) is 13.2 Å². The van der Waals surface area contributed by atoms with Gasteiger partial charge in [-0.1, -0.05) is 18.2 Å². The highest BCUT2D eigenvalue weighted by Gasteiger charge is 2.26. The molecule has 5 heteroatoms. The molecule has 0 amide bonds. The summed E-state index contributed by atoms with van der Waals surface area (Å²) in [5, 5.41) is 2.83. The Balaban J connectivity index is 2.55. The number of alkyl halides is 3. The number of benzene rings is 1. The third-order valence-electron chi connectivity index (χ3n) is 2.46. The Morgan fingerprint density at radius 1 is 1.29 bits per heavy atom. The normalized spacial score (nSPS) is 13.5. The molecule has 0 fully saturated rings. The molecule has 0 aromatic heterocycles. The first-order valence-corrected chi connectivity index (χ1v) is 5.37. The van der Waals surface area contributed by atoms with Crippen LogP contribution in [0.2, 0.25) is 0 Å². The van der Waals surface area contributed by atoms with Crippen molar-refractivity contribution >= 4 is 0 Å². The van der Waals surface area contributed by atoms with Crippen molar-refractivity contribution in [2.45, 2.75) is 25.6 Å². The van der Waals surface area contributed by atoms with E-state index in [4.69, 9.17) is 4.74 Å². The van der Waals surface area contributed by atoms with E-state index < -0.39 is 12.6 Å². The van der Waals surface area contributed by atoms with Crippen LogP contribution in [0.15, 0.2) is 24.3 Å². The molecule has 17 heavy (non-hydrogen) atoms. The fraction of sp³-hybridized carbons (Fsp3) is 0.500. The van der Waals surface area contributed by atoms with Crippen LogP contribution < -0.4 is 10.1 Å². The van der Waals surface area contributed by atoms with Gasteiger partial charge in [-0.3, -0.25) is 0 Å². The molecule has 0 radical (unpaired) electrons. The molecule has 1 atom stereocenters. The lowest BCUT2D eigenvalue weighted by Gasteiger charge is -2.17. The maximum Gasteiger partial charge on any atom is 0.390 e. The van der Waals surface area contributed by atoms with Gasteiger partial charge >= 0.3 is 6.18 Å². The molecule has 1 N–H and O–H groups in total. The molecule has 0 saturated carbocycles. The second-order valence-corrected chi connectivity index (χ2v) is 3.78. The Hall–Kier alpha value is -1.23. The summed E-state index contributed by atoms with van der Waals surface area (Å²) in [5.74, 6) is 0.680. The van der Waals surface area contributed by atoms with Crippen molar-refractivity contribution in [1.29, 1.82) is 0 Å². The maximum atomic E-state index is 12.0. The predicted octanol–water partition coefficient (Wildman–Crippen LogP) is 3.30. The van der Waals surface area contributed by atoms with Crippen LogP contribution in [0.25, 0.3) is 0 Å². The number of methoxy groups -OCH3 is 1. The number of ether oxygens (including phenoxy) is 1. The van der Waals surface area contributed by atoms with Crippen molar-refractivity contribution in [1.82, 2.24) is 5.32 Å². The van der Waals surface area contributed by atoms with Gasteiger partial charge in [-0.2, -0.15) is 13.2 Å². The number of rotatable bonds is 5. The van der Waals surface area contributed by atoms with E-state index in [1.165, 1.54) is 0 Å². The fourth-order valence-electron chi connectivity index (χ4n) is 1.56. The monoisotopic (exact) mass is 247 g/mol. The molecule has 0 bridgehead atoms. The van der Waals surface area contributed by atoms with Gasteiger partial charge in [0, 0.05) is 18.2 Å². The molecule has 0 heterocycles. The van der Waals surface area contributed by atoms with Crippen LogP contribution >= 0.6 is 0 Å². The Kier molecular flexibility index (Phi) is 4.81. The largest absolute Gasteiger partial charge is 0.496 e. The SMILES string of the molecule is COc1ccccc1[C@H](C)NCCC(F)(F)F. The lowest BCUT2D eigenvalue weighted by molar-refractivity contribution is -0.133. The van der Waals surface area contributed by atoms with E-state index in [1.807, 2.05) is 25.1 Å². The molecule has 96 valence electrons. The third-order valence-corrected chi connectivity index (χ3v) is 2.46. The van der Waals surface area contributed by atoms with Crippen molar-refractivity contribution in [3.63, 3.8) is 0 Å². The average Bonchev–Trinajstić information content (AvgIpc) is 2.27. The fourth-order valence-corrected chi connectivity index (χ4v) is 1.56. The maximum absolute atomic E-state index is 12.0. The number of nitrogens with one attached hydrogen (secondary N) is 1. The molecule has 0 aliphatic rings. The highest BCUT2D eigenvalue weighted by molar-refractivity contribution is 5.35. The molecule has 0 aliphatic heterocycles. The summed E-state index contributed by atoms with van der Waals surface area (Å²) in [6.07, 6.45) is -4.94. The summed E-state index contributed by atoms with van der Waals surface area (Å²) in [6.45, 7) is 1.72. The molecule has 0 spiro atoms. The quantitative estimate of drug-likeness (QED) is 0.862. The van der Waals surface area contributed by atoms with Crippen molar-refractivity contribution in [3.8, 4) is 5.75 Å². The summed E-state index contributed by atoms with van der Waals surface area (Å²) in [4.78, 5) is 0. The summed E-state index contributed by atoms with van der Waals surface area (Å²) in [7, 11) is 1.54. The molecular formula is C12H16F3NO. The van der Waals surface area contributed by atoms with Crippen molar-refractivity contribution in [3.05, 3.63) is 29.8 Å². The zero-order valence-electron chi connectivity index (χ0n) is 9.84. The number of hydrogen-bond acceptors (Lipinski definition) is 2. The number of hydrogen-bond donors (Lipinski definition) is 1. The molecule has 0 saturated heterocycles. The Morgan fingerprint density at radius 3 is 2.53 bits per heavy atom. The minimum absolute atomic E-state index is 0.0945. The van der Waals surface area contributed by atoms with Gasteiger partial charge in [0.15, 0.2) is 0 Å². The summed E-state index contributed by atoms with van der Waals surface area (Å²) < 4.78 is 41.1. The second-order valence-electron chi connectivity index (χ2n) is 3.78. The van der Waals surface area contributed by atoms with E-state index in [9.17, 15) is 13.2 Å².